The van der Waals surface area contributed by atoms with Gasteiger partial charge < -0.3 is 16.0 Å². The van der Waals surface area contributed by atoms with E-state index in [1.165, 1.54) is 18.2 Å². The van der Waals surface area contributed by atoms with Crippen LogP contribution in [0.4, 0.5) is 10.1 Å². The molecule has 0 heterocycles. The van der Waals surface area contributed by atoms with Gasteiger partial charge in [-0.05, 0) is 73.0 Å². The fourth-order valence-electron chi connectivity index (χ4n) is 4.50. The second-order valence-corrected chi connectivity index (χ2v) is 8.80. The van der Waals surface area contributed by atoms with Gasteiger partial charge in [-0.15, -0.1) is 0 Å². The number of rotatable bonds is 6. The number of carbonyl (C=O) groups excluding carboxylic acids is 2. The van der Waals surface area contributed by atoms with Crippen LogP contribution in [0.5, 0.6) is 0 Å². The van der Waals surface area contributed by atoms with Gasteiger partial charge in [-0.3, -0.25) is 9.59 Å². The van der Waals surface area contributed by atoms with E-state index in [1.807, 2.05) is 24.3 Å². The lowest BCUT2D eigenvalue weighted by atomic mass is 9.89. The summed E-state index contributed by atoms with van der Waals surface area (Å²) in [4.78, 5) is 27.8. The number of halogens is 1. The molecule has 0 radical (unpaired) electrons. The van der Waals surface area contributed by atoms with E-state index in [2.05, 4.69) is 5.32 Å². The molecule has 3 aromatic rings. The molecular weight excluding hydrogens is 443 g/mol. The second kappa shape index (κ2) is 10.9. The smallest absolute Gasteiger partial charge is 0.255 e. The van der Waals surface area contributed by atoms with E-state index in [0.29, 0.717) is 16.8 Å². The number of amides is 2. The molecule has 1 saturated carbocycles. The monoisotopic (exact) mass is 470 g/mol. The molecule has 6 nitrogen and oxygen atoms in total. The van der Waals surface area contributed by atoms with Crippen LogP contribution in [0.1, 0.15) is 57.5 Å². The Morgan fingerprint density at radius 3 is 2.46 bits per heavy atom. The van der Waals surface area contributed by atoms with Crippen LogP contribution in [0.2, 0.25) is 0 Å². The lowest BCUT2D eigenvalue weighted by molar-refractivity contribution is 0.0583. The van der Waals surface area contributed by atoms with Gasteiger partial charge in [0, 0.05) is 35.4 Å². The van der Waals surface area contributed by atoms with Gasteiger partial charge in [-0.25, -0.2) is 4.39 Å². The molecule has 2 unspecified atom stereocenters. The third kappa shape index (κ3) is 5.92. The van der Waals surface area contributed by atoms with Crippen molar-refractivity contribution in [3.8, 4) is 6.07 Å². The lowest BCUT2D eigenvalue weighted by Gasteiger charge is -2.38. The largest absolute Gasteiger partial charge is 0.330 e. The van der Waals surface area contributed by atoms with Crippen LogP contribution in [-0.4, -0.2) is 28.8 Å². The van der Waals surface area contributed by atoms with Crippen molar-refractivity contribution < 1.29 is 14.0 Å². The summed E-state index contributed by atoms with van der Waals surface area (Å²) in [6.45, 7) is 0.286. The van der Waals surface area contributed by atoms with Gasteiger partial charge >= 0.3 is 0 Å². The minimum atomic E-state index is -0.462. The van der Waals surface area contributed by atoms with Gasteiger partial charge in [0.25, 0.3) is 11.8 Å². The Hall–Kier alpha value is -4.02. The van der Waals surface area contributed by atoms with Crippen LogP contribution >= 0.6 is 0 Å². The van der Waals surface area contributed by atoms with E-state index in [-0.39, 0.29) is 36.0 Å². The summed E-state index contributed by atoms with van der Waals surface area (Å²) in [7, 11) is 0. The van der Waals surface area contributed by atoms with Crippen LogP contribution < -0.4 is 11.1 Å². The number of nitrogens with zero attached hydrogens (tertiary/aromatic N) is 2. The fraction of sp³-hybridized carbons (Fsp3) is 0.250. The molecule has 35 heavy (non-hydrogen) atoms. The Morgan fingerprint density at radius 1 is 1.00 bits per heavy atom. The number of hydrogen-bond donors (Lipinski definition) is 2. The lowest BCUT2D eigenvalue weighted by Crippen LogP contribution is -2.51. The first-order valence-corrected chi connectivity index (χ1v) is 11.7. The summed E-state index contributed by atoms with van der Waals surface area (Å²) in [6, 6.07) is 21.1. The minimum absolute atomic E-state index is 0.152. The molecule has 1 aliphatic carbocycles. The molecule has 3 aromatic carbocycles. The number of hydrogen-bond acceptors (Lipinski definition) is 4. The Morgan fingerprint density at radius 2 is 1.74 bits per heavy atom. The van der Waals surface area contributed by atoms with Crippen molar-refractivity contribution in [2.75, 3.05) is 5.32 Å². The normalized spacial score (nSPS) is 17.3. The third-order valence-electron chi connectivity index (χ3n) is 6.33. The number of carbonyl (C=O) groups is 2. The molecule has 178 valence electrons. The van der Waals surface area contributed by atoms with E-state index >= 15 is 0 Å². The van der Waals surface area contributed by atoms with Crippen molar-refractivity contribution in [3.05, 3.63) is 101 Å². The first-order chi connectivity index (χ1) is 16.9. The zero-order chi connectivity index (χ0) is 24.8. The van der Waals surface area contributed by atoms with Crippen LogP contribution in [-0.2, 0) is 6.54 Å². The number of nitriles is 1. The number of anilines is 1. The number of benzene rings is 3. The Kier molecular flexibility index (Phi) is 7.54. The van der Waals surface area contributed by atoms with Gasteiger partial charge in [0.15, 0.2) is 0 Å². The Bertz CT molecular complexity index is 1250. The highest BCUT2D eigenvalue weighted by atomic mass is 19.1. The molecule has 1 aliphatic rings. The molecule has 1 fully saturated rings. The zero-order valence-electron chi connectivity index (χ0n) is 19.3. The average molecular weight is 471 g/mol. The van der Waals surface area contributed by atoms with Crippen LogP contribution in [0.25, 0.3) is 0 Å². The summed E-state index contributed by atoms with van der Waals surface area (Å²) in [5.74, 6) is -1.02. The summed E-state index contributed by atoms with van der Waals surface area (Å²) in [5.41, 5.74) is 9.03. The van der Waals surface area contributed by atoms with E-state index in [0.717, 1.165) is 31.2 Å². The maximum Gasteiger partial charge on any atom is 0.255 e. The Balaban J connectivity index is 1.56. The third-order valence-corrected chi connectivity index (χ3v) is 6.33. The van der Waals surface area contributed by atoms with E-state index in [1.54, 1.807) is 41.3 Å². The molecule has 0 spiro atoms. The molecule has 2 amide bonds. The highest BCUT2D eigenvalue weighted by Crippen LogP contribution is 2.26. The summed E-state index contributed by atoms with van der Waals surface area (Å²) < 4.78 is 13.8. The molecule has 0 aromatic heterocycles. The minimum Gasteiger partial charge on any atom is -0.330 e. The number of nitrogens with two attached hydrogens (primary N) is 1. The van der Waals surface area contributed by atoms with Gasteiger partial charge in [0.05, 0.1) is 11.6 Å². The van der Waals surface area contributed by atoms with Gasteiger partial charge in [-0.2, -0.15) is 5.26 Å². The average Bonchev–Trinajstić information content (AvgIpc) is 2.87. The summed E-state index contributed by atoms with van der Waals surface area (Å²) in [5, 5.41) is 11.8. The predicted molar refractivity (Wildman–Crippen MR) is 132 cm³/mol. The highest BCUT2D eigenvalue weighted by Gasteiger charge is 2.31. The Labute approximate surface area is 204 Å². The molecule has 3 N–H and O–H groups in total. The first-order valence-electron chi connectivity index (χ1n) is 11.7. The van der Waals surface area contributed by atoms with Gasteiger partial charge in [-0.1, -0.05) is 31.0 Å². The van der Waals surface area contributed by atoms with E-state index in [4.69, 9.17) is 11.0 Å². The van der Waals surface area contributed by atoms with Crippen molar-refractivity contribution in [2.45, 2.75) is 44.3 Å². The number of nitrogens with one attached hydrogen (secondary N) is 1. The summed E-state index contributed by atoms with van der Waals surface area (Å²) >= 11 is 0. The van der Waals surface area contributed by atoms with Crippen molar-refractivity contribution in [1.29, 1.82) is 5.26 Å². The van der Waals surface area contributed by atoms with Gasteiger partial charge in [0.1, 0.15) is 5.82 Å². The topological polar surface area (TPSA) is 99.2 Å². The molecule has 0 saturated heterocycles. The fourth-order valence-corrected chi connectivity index (χ4v) is 4.50. The SMILES string of the molecule is N#Cc1ccc(C(=O)Nc2cccc(CN(C(=O)c3cccc(F)c3)C3CCCCC3N)c2)cc1. The molecule has 2 atom stereocenters. The van der Waals surface area contributed by atoms with Crippen molar-refractivity contribution in [3.63, 3.8) is 0 Å². The molecular formula is C28H27FN4O2. The molecule has 7 heteroatoms. The second-order valence-electron chi connectivity index (χ2n) is 8.80. The molecule has 0 aliphatic heterocycles. The highest BCUT2D eigenvalue weighted by molar-refractivity contribution is 6.04. The quantitative estimate of drug-likeness (QED) is 0.537. The van der Waals surface area contributed by atoms with E-state index in [9.17, 15) is 14.0 Å². The van der Waals surface area contributed by atoms with Crippen molar-refractivity contribution >= 4 is 17.5 Å². The molecule has 0 bridgehead atoms. The van der Waals surface area contributed by atoms with Crippen LogP contribution in [0, 0.1) is 17.1 Å². The van der Waals surface area contributed by atoms with E-state index < -0.39 is 5.82 Å². The standard InChI is InChI=1S/C28H27FN4O2/c29-23-7-4-6-22(16-23)28(35)33(26-10-2-1-9-25(26)31)18-20-5-3-8-24(15-20)32-27(34)21-13-11-19(17-30)12-14-21/h3-8,11-16,25-26H,1-2,9-10,18,31H2,(H,32,34). The predicted octanol–water partition coefficient (Wildman–Crippen LogP) is 4.86. The van der Waals surface area contributed by atoms with Gasteiger partial charge in [0.2, 0.25) is 0 Å². The van der Waals surface area contributed by atoms with Crippen molar-refractivity contribution in [2.24, 2.45) is 5.73 Å². The summed E-state index contributed by atoms with van der Waals surface area (Å²) in [6.07, 6.45) is 3.62. The van der Waals surface area contributed by atoms with Crippen LogP contribution in [0.15, 0.2) is 72.8 Å². The van der Waals surface area contributed by atoms with Crippen LogP contribution in [0.3, 0.4) is 0 Å². The maximum atomic E-state index is 13.8. The zero-order valence-corrected chi connectivity index (χ0v) is 19.3. The molecule has 4 rings (SSSR count). The maximum absolute atomic E-state index is 13.8. The first kappa shape index (κ1) is 24.1. The van der Waals surface area contributed by atoms with Crippen molar-refractivity contribution in [1.82, 2.24) is 4.90 Å².